The summed E-state index contributed by atoms with van der Waals surface area (Å²) in [6, 6.07) is 2.10. The third-order valence-corrected chi connectivity index (χ3v) is 2.37. The first-order valence-electron chi connectivity index (χ1n) is 6.38. The lowest BCUT2D eigenvalue weighted by molar-refractivity contribution is -0.343. The molecule has 0 aromatic carbocycles. The highest BCUT2D eigenvalue weighted by Crippen LogP contribution is 2.46. The van der Waals surface area contributed by atoms with Crippen LogP contribution < -0.4 is 5.32 Å². The highest BCUT2D eigenvalue weighted by atomic mass is 19.4. The number of aromatic nitrogens is 1. The smallest absolute Gasteiger partial charge is 0.321 e. The Balaban J connectivity index is 0.00000232. The molecule has 0 fully saturated rings. The van der Waals surface area contributed by atoms with Crippen molar-refractivity contribution in [1.29, 1.82) is 0 Å². The Bertz CT molecular complexity index is 535. The van der Waals surface area contributed by atoms with E-state index in [1.807, 2.05) is 13.8 Å². The van der Waals surface area contributed by atoms with E-state index in [4.69, 9.17) is 0 Å². The number of hydrogen-bond acceptors (Lipinski definition) is 2. The van der Waals surface area contributed by atoms with Gasteiger partial charge in [0.05, 0.1) is 0 Å². The molecule has 0 atom stereocenters. The van der Waals surface area contributed by atoms with E-state index in [1.165, 1.54) is 19.2 Å². The van der Waals surface area contributed by atoms with Crippen molar-refractivity contribution in [3.63, 3.8) is 0 Å². The van der Waals surface area contributed by atoms with Crippen molar-refractivity contribution >= 4 is 11.6 Å². The summed E-state index contributed by atoms with van der Waals surface area (Å²) < 4.78 is 87.3. The standard InChI is InChI=1S/C11H9F7N2O.C2H6/c1-5-3-7(4-6(2)19-5)20-8(21)9(12,13)10(14,15)11(16,17)18;1-2/h3-4H,1-2H3,(H,19,20,21);1-2H3. The molecule has 1 heterocycles. The van der Waals surface area contributed by atoms with Crippen molar-refractivity contribution in [1.82, 2.24) is 4.98 Å². The molecule has 0 bridgehead atoms. The van der Waals surface area contributed by atoms with Gasteiger partial charge in [0.15, 0.2) is 0 Å². The van der Waals surface area contributed by atoms with Crippen molar-refractivity contribution in [3.05, 3.63) is 23.5 Å². The van der Waals surface area contributed by atoms with Crippen LogP contribution in [0, 0.1) is 13.8 Å². The Kier molecular flexibility index (Phi) is 6.56. The fraction of sp³-hybridized carbons (Fsp3) is 0.538. The highest BCUT2D eigenvalue weighted by molar-refractivity contribution is 5.97. The number of anilines is 1. The lowest BCUT2D eigenvalue weighted by Gasteiger charge is -2.27. The van der Waals surface area contributed by atoms with Crippen LogP contribution in [0.25, 0.3) is 0 Å². The molecule has 0 unspecified atom stereocenters. The van der Waals surface area contributed by atoms with Crippen LogP contribution >= 0.6 is 0 Å². The number of rotatable bonds is 3. The zero-order chi connectivity index (χ0) is 18.6. The molecule has 1 aromatic rings. The predicted molar refractivity (Wildman–Crippen MR) is 69.6 cm³/mol. The number of hydrogen-bond donors (Lipinski definition) is 1. The lowest BCUT2D eigenvalue weighted by Crippen LogP contribution is -2.57. The minimum atomic E-state index is -6.56. The molecule has 0 aliphatic heterocycles. The van der Waals surface area contributed by atoms with Gasteiger partial charge in [-0.15, -0.1) is 0 Å². The number of nitrogens with zero attached hydrogens (tertiary/aromatic N) is 1. The van der Waals surface area contributed by atoms with Crippen molar-refractivity contribution in [2.75, 3.05) is 5.32 Å². The zero-order valence-electron chi connectivity index (χ0n) is 12.7. The van der Waals surface area contributed by atoms with Crippen molar-refractivity contribution < 1.29 is 35.5 Å². The van der Waals surface area contributed by atoms with Crippen LogP contribution in [0.1, 0.15) is 25.2 Å². The molecule has 0 spiro atoms. The van der Waals surface area contributed by atoms with E-state index in [2.05, 4.69) is 4.98 Å². The van der Waals surface area contributed by atoms with Gasteiger partial charge in [0.2, 0.25) is 0 Å². The fourth-order valence-corrected chi connectivity index (χ4v) is 1.44. The molecule has 10 heteroatoms. The van der Waals surface area contributed by atoms with Crippen LogP contribution in [-0.2, 0) is 4.79 Å². The van der Waals surface area contributed by atoms with Gasteiger partial charge in [0.25, 0.3) is 0 Å². The summed E-state index contributed by atoms with van der Waals surface area (Å²) in [6.07, 6.45) is -6.56. The fourth-order valence-electron chi connectivity index (χ4n) is 1.44. The third kappa shape index (κ3) is 4.55. The molecule has 23 heavy (non-hydrogen) atoms. The second-order valence-electron chi connectivity index (χ2n) is 4.24. The molecular weight excluding hydrogens is 333 g/mol. The van der Waals surface area contributed by atoms with E-state index < -0.39 is 23.9 Å². The van der Waals surface area contributed by atoms with Crippen molar-refractivity contribution in [3.8, 4) is 0 Å². The van der Waals surface area contributed by atoms with E-state index in [-0.39, 0.29) is 17.1 Å². The minimum absolute atomic E-state index is 0.260. The van der Waals surface area contributed by atoms with Gasteiger partial charge in [0, 0.05) is 17.1 Å². The third-order valence-electron chi connectivity index (χ3n) is 2.37. The van der Waals surface area contributed by atoms with E-state index in [1.54, 1.807) is 0 Å². The summed E-state index contributed by atoms with van der Waals surface area (Å²) in [6.45, 7) is 6.84. The summed E-state index contributed by atoms with van der Waals surface area (Å²) in [5, 5.41) is 1.33. The maximum absolute atomic E-state index is 13.1. The number of nitrogens with one attached hydrogen (secondary N) is 1. The average molecular weight is 348 g/mol. The Hall–Kier alpha value is -1.87. The first kappa shape index (κ1) is 21.1. The summed E-state index contributed by atoms with van der Waals surface area (Å²) in [7, 11) is 0. The molecule has 1 rings (SSSR count). The largest absolute Gasteiger partial charge is 0.460 e. The Morgan fingerprint density at radius 1 is 0.957 bits per heavy atom. The maximum Gasteiger partial charge on any atom is 0.460 e. The number of amides is 1. The molecule has 0 aliphatic carbocycles. The summed E-state index contributed by atoms with van der Waals surface area (Å²) in [5.74, 6) is -15.2. The van der Waals surface area contributed by atoms with Gasteiger partial charge in [-0.1, -0.05) is 13.8 Å². The van der Waals surface area contributed by atoms with Gasteiger partial charge < -0.3 is 5.32 Å². The van der Waals surface area contributed by atoms with E-state index in [0.29, 0.717) is 0 Å². The van der Waals surface area contributed by atoms with E-state index in [0.717, 1.165) is 12.1 Å². The predicted octanol–water partition coefficient (Wildman–Crippen LogP) is 4.50. The van der Waals surface area contributed by atoms with Crippen LogP contribution in [0.2, 0.25) is 0 Å². The molecule has 0 saturated heterocycles. The molecule has 0 aliphatic rings. The van der Waals surface area contributed by atoms with Crippen molar-refractivity contribution in [2.45, 2.75) is 45.7 Å². The zero-order valence-corrected chi connectivity index (χ0v) is 12.7. The Morgan fingerprint density at radius 3 is 1.70 bits per heavy atom. The van der Waals surface area contributed by atoms with Crippen LogP contribution in [0.5, 0.6) is 0 Å². The first-order valence-corrected chi connectivity index (χ1v) is 6.38. The number of alkyl halides is 7. The normalized spacial score (nSPS) is 12.3. The number of carbonyl (C=O) groups excluding carboxylic acids is 1. The molecule has 1 N–H and O–H groups in total. The lowest BCUT2D eigenvalue weighted by atomic mass is 10.1. The number of pyridine rings is 1. The van der Waals surface area contributed by atoms with Gasteiger partial charge in [0.1, 0.15) is 0 Å². The highest BCUT2D eigenvalue weighted by Gasteiger charge is 2.76. The Morgan fingerprint density at radius 2 is 1.35 bits per heavy atom. The molecule has 3 nitrogen and oxygen atoms in total. The molecular formula is C13H15F7N2O. The monoisotopic (exact) mass is 348 g/mol. The number of carbonyl (C=O) groups is 1. The second kappa shape index (κ2) is 7.14. The van der Waals surface area contributed by atoms with Crippen LogP contribution in [0.4, 0.5) is 36.4 Å². The van der Waals surface area contributed by atoms with Crippen LogP contribution in [0.3, 0.4) is 0 Å². The van der Waals surface area contributed by atoms with E-state index >= 15 is 0 Å². The summed E-state index contributed by atoms with van der Waals surface area (Å²) in [4.78, 5) is 14.9. The van der Waals surface area contributed by atoms with Gasteiger partial charge in [-0.25, -0.2) is 0 Å². The van der Waals surface area contributed by atoms with Gasteiger partial charge in [-0.05, 0) is 26.0 Å². The SMILES string of the molecule is CC.Cc1cc(NC(=O)C(F)(F)C(F)(F)C(F)(F)F)cc(C)n1. The number of halogens is 7. The summed E-state index contributed by atoms with van der Waals surface area (Å²) in [5.41, 5.74) is 0.162. The molecule has 132 valence electrons. The maximum atomic E-state index is 13.1. The second-order valence-corrected chi connectivity index (χ2v) is 4.24. The molecule has 0 saturated carbocycles. The van der Waals surface area contributed by atoms with Gasteiger partial charge in [-0.2, -0.15) is 30.7 Å². The van der Waals surface area contributed by atoms with Crippen LogP contribution in [-0.4, -0.2) is 28.9 Å². The van der Waals surface area contributed by atoms with Gasteiger partial charge in [-0.3, -0.25) is 9.78 Å². The van der Waals surface area contributed by atoms with Gasteiger partial charge >= 0.3 is 23.9 Å². The molecule has 1 amide bonds. The molecule has 1 aromatic heterocycles. The molecule has 0 radical (unpaired) electrons. The minimum Gasteiger partial charge on any atom is -0.321 e. The first-order chi connectivity index (χ1) is 10.3. The van der Waals surface area contributed by atoms with Crippen LogP contribution in [0.15, 0.2) is 12.1 Å². The quantitative estimate of drug-likeness (QED) is 0.818. The topological polar surface area (TPSA) is 42.0 Å². The average Bonchev–Trinajstić information content (AvgIpc) is 2.38. The Labute approximate surface area is 127 Å². The van der Waals surface area contributed by atoms with Crippen molar-refractivity contribution in [2.24, 2.45) is 0 Å². The number of aryl methyl sites for hydroxylation is 2. The van der Waals surface area contributed by atoms with E-state index in [9.17, 15) is 35.5 Å². The summed E-state index contributed by atoms with van der Waals surface area (Å²) >= 11 is 0.